The van der Waals surface area contributed by atoms with E-state index in [9.17, 15) is 4.39 Å². The largest absolute Gasteiger partial charge is 0.261 e. The van der Waals surface area contributed by atoms with Crippen molar-refractivity contribution >= 4 is 26.7 Å². The Kier molecular flexibility index (Phi) is 2.04. The first-order valence-corrected chi connectivity index (χ1v) is 4.68. The number of fused-ring (bicyclic) bond motifs is 1. The Hall–Kier alpha value is -0.960. The third kappa shape index (κ3) is 1.44. The van der Waals surface area contributed by atoms with Crippen molar-refractivity contribution in [2.75, 3.05) is 0 Å². The average Bonchev–Trinajstić information content (AvgIpc) is 2.12. The van der Waals surface area contributed by atoms with Crippen LogP contribution >= 0.6 is 15.9 Å². The van der Waals surface area contributed by atoms with Crippen LogP contribution in [0.5, 0.6) is 0 Å². The smallest absolute Gasteiger partial charge is 0.132 e. The van der Waals surface area contributed by atoms with Gasteiger partial charge in [-0.3, -0.25) is 4.98 Å². The quantitative estimate of drug-likeness (QED) is 0.687. The molecule has 0 atom stereocenters. The van der Waals surface area contributed by atoms with E-state index < -0.39 is 0 Å². The maximum absolute atomic E-state index is 13.2. The van der Waals surface area contributed by atoms with Crippen LogP contribution in [0.2, 0.25) is 0 Å². The Labute approximate surface area is 83.7 Å². The number of hydrogen-bond acceptors (Lipinski definition) is 1. The first-order valence-electron chi connectivity index (χ1n) is 3.89. The fourth-order valence-corrected chi connectivity index (χ4v) is 1.73. The van der Waals surface area contributed by atoms with Crippen molar-refractivity contribution in [1.82, 2.24) is 4.98 Å². The number of benzene rings is 1. The molecule has 1 nitrogen and oxygen atoms in total. The fourth-order valence-electron chi connectivity index (χ4n) is 1.27. The van der Waals surface area contributed by atoms with Crippen LogP contribution in [0.4, 0.5) is 4.39 Å². The summed E-state index contributed by atoms with van der Waals surface area (Å²) in [6.45, 7) is 1.89. The van der Waals surface area contributed by atoms with E-state index in [1.165, 1.54) is 6.07 Å². The fraction of sp³-hybridized carbons (Fsp3) is 0.100. The van der Waals surface area contributed by atoms with E-state index in [1.54, 1.807) is 12.3 Å². The van der Waals surface area contributed by atoms with E-state index in [-0.39, 0.29) is 5.82 Å². The van der Waals surface area contributed by atoms with Gasteiger partial charge in [-0.25, -0.2) is 4.39 Å². The van der Waals surface area contributed by atoms with Crippen LogP contribution < -0.4 is 0 Å². The summed E-state index contributed by atoms with van der Waals surface area (Å²) in [7, 11) is 0. The zero-order valence-corrected chi connectivity index (χ0v) is 8.60. The summed E-state index contributed by atoms with van der Waals surface area (Å²) in [5.41, 5.74) is 0.888. The molecule has 1 aromatic heterocycles. The number of pyridine rings is 1. The van der Waals surface area contributed by atoms with Crippen LogP contribution in [0.15, 0.2) is 28.9 Å². The molecule has 0 unspecified atom stereocenters. The van der Waals surface area contributed by atoms with E-state index in [0.717, 1.165) is 15.6 Å². The maximum Gasteiger partial charge on any atom is 0.132 e. The van der Waals surface area contributed by atoms with E-state index in [4.69, 9.17) is 0 Å². The van der Waals surface area contributed by atoms with Gasteiger partial charge in [0.25, 0.3) is 0 Å². The van der Waals surface area contributed by atoms with Crippen LogP contribution in [0.25, 0.3) is 10.8 Å². The Morgan fingerprint density at radius 1 is 1.31 bits per heavy atom. The number of hydrogen-bond donors (Lipinski definition) is 0. The molecule has 2 rings (SSSR count). The third-order valence-electron chi connectivity index (χ3n) is 1.93. The van der Waals surface area contributed by atoms with Gasteiger partial charge < -0.3 is 0 Å². The average molecular weight is 240 g/mol. The Bertz CT molecular complexity index is 468. The maximum atomic E-state index is 13.2. The van der Waals surface area contributed by atoms with Crippen molar-refractivity contribution in [2.45, 2.75) is 6.92 Å². The Morgan fingerprint density at radius 2 is 2.08 bits per heavy atom. The number of aromatic nitrogens is 1. The van der Waals surface area contributed by atoms with Gasteiger partial charge in [-0.15, -0.1) is 0 Å². The van der Waals surface area contributed by atoms with Crippen molar-refractivity contribution < 1.29 is 4.39 Å². The molecule has 1 heterocycles. The number of aryl methyl sites for hydroxylation is 1. The second-order valence-corrected chi connectivity index (χ2v) is 3.75. The molecule has 0 saturated heterocycles. The van der Waals surface area contributed by atoms with Gasteiger partial charge in [0.1, 0.15) is 5.82 Å². The molecular formula is C10H7BrFN. The van der Waals surface area contributed by atoms with Gasteiger partial charge in [0.05, 0.1) is 0 Å². The van der Waals surface area contributed by atoms with Gasteiger partial charge >= 0.3 is 0 Å². The van der Waals surface area contributed by atoms with Crippen molar-refractivity contribution in [3.8, 4) is 0 Å². The van der Waals surface area contributed by atoms with Crippen molar-refractivity contribution in [1.29, 1.82) is 0 Å². The number of nitrogens with zero attached hydrogens (tertiary/aromatic N) is 1. The third-order valence-corrected chi connectivity index (χ3v) is 2.62. The first kappa shape index (κ1) is 8.63. The minimum atomic E-state index is -0.231. The molecule has 0 bridgehead atoms. The second kappa shape index (κ2) is 3.07. The highest BCUT2D eigenvalue weighted by Gasteiger charge is 2.04. The van der Waals surface area contributed by atoms with Crippen LogP contribution in [0, 0.1) is 12.7 Å². The molecule has 1 aromatic carbocycles. The molecule has 0 spiro atoms. The summed E-state index contributed by atoms with van der Waals surface area (Å²) < 4.78 is 14.1. The lowest BCUT2D eigenvalue weighted by Crippen LogP contribution is -1.85. The van der Waals surface area contributed by atoms with Gasteiger partial charge in [-0.2, -0.15) is 0 Å². The molecular weight excluding hydrogens is 233 g/mol. The summed E-state index contributed by atoms with van der Waals surface area (Å²) in [5, 5.41) is 1.42. The Balaban J connectivity index is 2.92. The highest BCUT2D eigenvalue weighted by molar-refractivity contribution is 9.10. The summed E-state index contributed by atoms with van der Waals surface area (Å²) in [6, 6.07) is 5.00. The number of halogens is 2. The highest BCUT2D eigenvalue weighted by atomic mass is 79.9. The van der Waals surface area contributed by atoms with Crippen molar-refractivity contribution in [2.24, 2.45) is 0 Å². The van der Waals surface area contributed by atoms with Crippen LogP contribution in [0.1, 0.15) is 5.69 Å². The van der Waals surface area contributed by atoms with Gasteiger partial charge in [0.2, 0.25) is 0 Å². The topological polar surface area (TPSA) is 12.9 Å². The van der Waals surface area contributed by atoms with Gasteiger partial charge in [0, 0.05) is 27.1 Å². The standard InChI is InChI=1S/C10H7BrFN/c1-6-4-7-8(5-13-6)10(12)3-2-9(7)11/h2-5H,1H3. The van der Waals surface area contributed by atoms with E-state index >= 15 is 0 Å². The normalized spacial score (nSPS) is 10.7. The van der Waals surface area contributed by atoms with Gasteiger partial charge in [-0.05, 0) is 25.1 Å². The molecule has 0 fully saturated rings. The van der Waals surface area contributed by atoms with Crippen molar-refractivity contribution in [3.63, 3.8) is 0 Å². The molecule has 66 valence electrons. The molecule has 2 aromatic rings. The predicted octanol–water partition coefficient (Wildman–Crippen LogP) is 3.44. The molecule has 0 aliphatic rings. The summed E-state index contributed by atoms with van der Waals surface area (Å²) >= 11 is 3.37. The molecule has 0 amide bonds. The summed E-state index contributed by atoms with van der Waals surface area (Å²) in [5.74, 6) is -0.231. The predicted molar refractivity (Wildman–Crippen MR) is 54.1 cm³/mol. The molecule has 3 heteroatoms. The SMILES string of the molecule is Cc1cc2c(Br)ccc(F)c2cn1. The Morgan fingerprint density at radius 3 is 2.85 bits per heavy atom. The monoisotopic (exact) mass is 239 g/mol. The van der Waals surface area contributed by atoms with Crippen LogP contribution in [0.3, 0.4) is 0 Å². The van der Waals surface area contributed by atoms with Gasteiger partial charge in [0.15, 0.2) is 0 Å². The second-order valence-electron chi connectivity index (χ2n) is 2.90. The van der Waals surface area contributed by atoms with Crippen LogP contribution in [-0.2, 0) is 0 Å². The minimum absolute atomic E-state index is 0.231. The van der Waals surface area contributed by atoms with Crippen LogP contribution in [-0.4, -0.2) is 4.98 Å². The van der Waals surface area contributed by atoms with E-state index in [2.05, 4.69) is 20.9 Å². The minimum Gasteiger partial charge on any atom is -0.261 e. The zero-order chi connectivity index (χ0) is 9.42. The highest BCUT2D eigenvalue weighted by Crippen LogP contribution is 2.25. The number of rotatable bonds is 0. The molecule has 0 aliphatic heterocycles. The van der Waals surface area contributed by atoms with E-state index in [1.807, 2.05) is 13.0 Å². The summed E-state index contributed by atoms with van der Waals surface area (Å²) in [4.78, 5) is 4.05. The lowest BCUT2D eigenvalue weighted by molar-refractivity contribution is 0.639. The molecule has 0 radical (unpaired) electrons. The first-order chi connectivity index (χ1) is 6.18. The molecule has 0 saturated carbocycles. The molecule has 0 N–H and O–H groups in total. The van der Waals surface area contributed by atoms with E-state index in [0.29, 0.717) is 5.39 Å². The van der Waals surface area contributed by atoms with Gasteiger partial charge in [-0.1, -0.05) is 15.9 Å². The van der Waals surface area contributed by atoms with Crippen molar-refractivity contribution in [3.05, 3.63) is 40.4 Å². The molecule has 13 heavy (non-hydrogen) atoms. The lowest BCUT2D eigenvalue weighted by Gasteiger charge is -2.02. The molecule has 0 aliphatic carbocycles. The lowest BCUT2D eigenvalue weighted by atomic mass is 10.1. The summed E-state index contributed by atoms with van der Waals surface area (Å²) in [6.07, 6.45) is 1.56. The zero-order valence-electron chi connectivity index (χ0n) is 7.01.